The number of thiophene rings is 1. The van der Waals surface area contributed by atoms with Crippen molar-refractivity contribution in [3.8, 4) is 0 Å². The fraction of sp³-hybridized carbons (Fsp3) is 0.667. The Kier molecular flexibility index (Phi) is 4.91. The van der Waals surface area contributed by atoms with Gasteiger partial charge in [-0.3, -0.25) is 4.79 Å². The summed E-state index contributed by atoms with van der Waals surface area (Å²) in [5.41, 5.74) is 6.61. The highest BCUT2D eigenvalue weighted by atomic mass is 32.1. The molecule has 20 heavy (non-hydrogen) atoms. The first-order chi connectivity index (χ1) is 9.51. The van der Waals surface area contributed by atoms with Crippen molar-refractivity contribution in [1.82, 2.24) is 5.32 Å². The van der Waals surface area contributed by atoms with Gasteiger partial charge in [0, 0.05) is 19.6 Å². The maximum Gasteiger partial charge on any atom is 0.263 e. The number of hydrogen-bond donors (Lipinski definition) is 2. The number of hydrogen-bond acceptors (Lipinski definition) is 4. The SMILES string of the molecule is CCCNC(=O)c1sc(N2CC(C)CC(C)C2)cc1N. The molecule has 3 N–H and O–H groups in total. The molecule has 2 heterocycles. The lowest BCUT2D eigenvalue weighted by Crippen LogP contribution is -2.38. The Morgan fingerprint density at radius 1 is 1.45 bits per heavy atom. The second-order valence-electron chi connectivity index (χ2n) is 5.98. The van der Waals surface area contributed by atoms with Crippen LogP contribution in [0.1, 0.15) is 43.3 Å². The van der Waals surface area contributed by atoms with E-state index in [-0.39, 0.29) is 5.91 Å². The van der Waals surface area contributed by atoms with Gasteiger partial charge in [0.05, 0.1) is 10.7 Å². The molecule has 0 bridgehead atoms. The Morgan fingerprint density at radius 2 is 2.10 bits per heavy atom. The van der Waals surface area contributed by atoms with Gasteiger partial charge in [-0.15, -0.1) is 11.3 Å². The predicted molar refractivity (Wildman–Crippen MR) is 86.5 cm³/mol. The number of amides is 1. The lowest BCUT2D eigenvalue weighted by molar-refractivity contribution is 0.0958. The molecule has 1 amide bonds. The van der Waals surface area contributed by atoms with E-state index in [2.05, 4.69) is 24.1 Å². The number of carbonyl (C=O) groups is 1. The van der Waals surface area contributed by atoms with Crippen LogP contribution < -0.4 is 16.0 Å². The Bertz CT molecular complexity index is 462. The molecule has 2 atom stereocenters. The van der Waals surface area contributed by atoms with Gasteiger partial charge in [0.25, 0.3) is 5.91 Å². The molecule has 0 radical (unpaired) electrons. The van der Waals surface area contributed by atoms with E-state index in [1.165, 1.54) is 17.8 Å². The van der Waals surface area contributed by atoms with E-state index in [0.717, 1.165) is 24.5 Å². The molecule has 1 aromatic rings. The number of nitrogens with zero attached hydrogens (tertiary/aromatic N) is 1. The molecule has 1 aliphatic heterocycles. The summed E-state index contributed by atoms with van der Waals surface area (Å²) >= 11 is 1.52. The average Bonchev–Trinajstić information content (AvgIpc) is 2.77. The lowest BCUT2D eigenvalue weighted by atomic mass is 9.92. The van der Waals surface area contributed by atoms with Crippen LogP contribution in [0.15, 0.2) is 6.07 Å². The first-order valence-electron chi connectivity index (χ1n) is 7.43. The van der Waals surface area contributed by atoms with Crippen molar-refractivity contribution >= 4 is 27.9 Å². The largest absolute Gasteiger partial charge is 0.397 e. The van der Waals surface area contributed by atoms with Gasteiger partial charge in [0.1, 0.15) is 4.88 Å². The molecule has 2 unspecified atom stereocenters. The monoisotopic (exact) mass is 295 g/mol. The van der Waals surface area contributed by atoms with E-state index in [1.54, 1.807) is 0 Å². The van der Waals surface area contributed by atoms with Gasteiger partial charge in [-0.1, -0.05) is 20.8 Å². The molecular weight excluding hydrogens is 270 g/mol. The quantitative estimate of drug-likeness (QED) is 0.898. The normalized spacial score (nSPS) is 22.9. The molecule has 1 fully saturated rings. The number of nitrogens with one attached hydrogen (secondary N) is 1. The highest BCUT2D eigenvalue weighted by molar-refractivity contribution is 7.18. The molecule has 1 aliphatic rings. The van der Waals surface area contributed by atoms with Crippen LogP contribution in [-0.2, 0) is 0 Å². The summed E-state index contributed by atoms with van der Waals surface area (Å²) in [4.78, 5) is 15.1. The zero-order chi connectivity index (χ0) is 14.7. The van der Waals surface area contributed by atoms with E-state index in [1.807, 2.05) is 13.0 Å². The third-order valence-electron chi connectivity index (χ3n) is 3.67. The van der Waals surface area contributed by atoms with Crippen molar-refractivity contribution in [3.05, 3.63) is 10.9 Å². The summed E-state index contributed by atoms with van der Waals surface area (Å²) in [6.45, 7) is 9.42. The molecule has 4 nitrogen and oxygen atoms in total. The van der Waals surface area contributed by atoms with E-state index < -0.39 is 0 Å². The van der Waals surface area contributed by atoms with Crippen LogP contribution in [0, 0.1) is 11.8 Å². The number of nitrogens with two attached hydrogens (primary N) is 1. The van der Waals surface area contributed by atoms with Gasteiger partial charge in [-0.25, -0.2) is 0 Å². The summed E-state index contributed by atoms with van der Waals surface area (Å²) < 4.78 is 0. The van der Waals surface area contributed by atoms with Crippen LogP contribution in [0.5, 0.6) is 0 Å². The first kappa shape index (κ1) is 15.2. The summed E-state index contributed by atoms with van der Waals surface area (Å²) in [7, 11) is 0. The average molecular weight is 295 g/mol. The van der Waals surface area contributed by atoms with E-state index >= 15 is 0 Å². The number of carbonyl (C=O) groups excluding carboxylic acids is 1. The Hall–Kier alpha value is -1.23. The van der Waals surface area contributed by atoms with Gasteiger partial charge >= 0.3 is 0 Å². The number of anilines is 2. The maximum atomic E-state index is 12.0. The summed E-state index contributed by atoms with van der Waals surface area (Å²) in [6.07, 6.45) is 2.21. The molecule has 0 aliphatic carbocycles. The molecule has 2 rings (SSSR count). The van der Waals surface area contributed by atoms with Crippen LogP contribution in [0.4, 0.5) is 10.7 Å². The van der Waals surface area contributed by atoms with Crippen LogP contribution in [0.3, 0.4) is 0 Å². The van der Waals surface area contributed by atoms with Crippen molar-refractivity contribution in [2.24, 2.45) is 11.8 Å². The molecule has 0 aromatic carbocycles. The van der Waals surface area contributed by atoms with Crippen LogP contribution in [0.25, 0.3) is 0 Å². The number of rotatable bonds is 4. The molecular formula is C15H25N3OS. The van der Waals surface area contributed by atoms with Gasteiger partial charge in [0.15, 0.2) is 0 Å². The number of nitrogen functional groups attached to an aromatic ring is 1. The van der Waals surface area contributed by atoms with Crippen LogP contribution in [0.2, 0.25) is 0 Å². The Balaban J connectivity index is 2.12. The third kappa shape index (κ3) is 3.45. The molecule has 1 aromatic heterocycles. The highest BCUT2D eigenvalue weighted by Gasteiger charge is 2.24. The minimum atomic E-state index is -0.0429. The second kappa shape index (κ2) is 6.48. The predicted octanol–water partition coefficient (Wildman–Crippen LogP) is 2.95. The van der Waals surface area contributed by atoms with Gasteiger partial charge < -0.3 is 16.0 Å². The zero-order valence-electron chi connectivity index (χ0n) is 12.6. The number of piperidine rings is 1. The van der Waals surface area contributed by atoms with Crippen molar-refractivity contribution in [2.75, 3.05) is 30.3 Å². The smallest absolute Gasteiger partial charge is 0.263 e. The summed E-state index contributed by atoms with van der Waals surface area (Å²) in [5.74, 6) is 1.34. The van der Waals surface area contributed by atoms with Gasteiger partial charge in [-0.2, -0.15) is 0 Å². The molecule has 0 saturated carbocycles. The van der Waals surface area contributed by atoms with E-state index in [4.69, 9.17) is 5.73 Å². The summed E-state index contributed by atoms with van der Waals surface area (Å²) in [6, 6.07) is 1.95. The fourth-order valence-electron chi connectivity index (χ4n) is 2.89. The minimum absolute atomic E-state index is 0.0429. The van der Waals surface area contributed by atoms with Gasteiger partial charge in [0.2, 0.25) is 0 Å². The Labute approximate surface area is 125 Å². The van der Waals surface area contributed by atoms with Crippen LogP contribution >= 0.6 is 11.3 Å². The highest BCUT2D eigenvalue weighted by Crippen LogP contribution is 2.35. The maximum absolute atomic E-state index is 12.0. The first-order valence-corrected chi connectivity index (χ1v) is 8.25. The van der Waals surface area contributed by atoms with E-state index in [0.29, 0.717) is 28.9 Å². The topological polar surface area (TPSA) is 58.4 Å². The molecule has 0 spiro atoms. The molecule has 1 saturated heterocycles. The van der Waals surface area contributed by atoms with Crippen LogP contribution in [-0.4, -0.2) is 25.5 Å². The lowest BCUT2D eigenvalue weighted by Gasteiger charge is -2.35. The third-order valence-corrected chi connectivity index (χ3v) is 4.88. The van der Waals surface area contributed by atoms with Crippen molar-refractivity contribution in [2.45, 2.75) is 33.6 Å². The summed E-state index contributed by atoms with van der Waals surface area (Å²) in [5, 5.41) is 4.02. The zero-order valence-corrected chi connectivity index (χ0v) is 13.4. The molecule has 112 valence electrons. The van der Waals surface area contributed by atoms with Crippen molar-refractivity contribution in [1.29, 1.82) is 0 Å². The van der Waals surface area contributed by atoms with Crippen molar-refractivity contribution < 1.29 is 4.79 Å². The van der Waals surface area contributed by atoms with E-state index in [9.17, 15) is 4.79 Å². The molecule has 5 heteroatoms. The van der Waals surface area contributed by atoms with Gasteiger partial charge in [-0.05, 0) is 30.7 Å². The Morgan fingerprint density at radius 3 is 2.70 bits per heavy atom. The second-order valence-corrected chi connectivity index (χ2v) is 7.01. The fourth-order valence-corrected chi connectivity index (χ4v) is 3.90. The standard InChI is InChI=1S/C15H25N3OS/c1-4-5-17-15(19)14-12(16)7-13(20-14)18-8-10(2)6-11(3)9-18/h7,10-11H,4-6,8-9,16H2,1-3H3,(H,17,19). The van der Waals surface area contributed by atoms with Crippen molar-refractivity contribution in [3.63, 3.8) is 0 Å². The minimum Gasteiger partial charge on any atom is -0.397 e.